The molecule has 160 valence electrons. The van der Waals surface area contributed by atoms with Gasteiger partial charge in [0.1, 0.15) is 6.10 Å². The maximum Gasteiger partial charge on any atom is 0.370 e. The van der Waals surface area contributed by atoms with Crippen LogP contribution in [0.25, 0.3) is 0 Å². The molecule has 2 aliphatic heterocycles. The third kappa shape index (κ3) is 6.30. The van der Waals surface area contributed by atoms with Crippen LogP contribution in [0, 0.1) is 5.92 Å². The van der Waals surface area contributed by atoms with Gasteiger partial charge in [-0.3, -0.25) is 4.79 Å². The van der Waals surface area contributed by atoms with Crippen LogP contribution in [0.3, 0.4) is 0 Å². The summed E-state index contributed by atoms with van der Waals surface area (Å²) in [7, 11) is 1.56. The molecule has 2 atom stereocenters. The summed E-state index contributed by atoms with van der Waals surface area (Å²) in [6.45, 7) is 5.65. The smallest absolute Gasteiger partial charge is 0.370 e. The monoisotopic (exact) mass is 405 g/mol. The lowest BCUT2D eigenvalue weighted by Gasteiger charge is -2.21. The molecule has 2 aliphatic rings. The summed E-state index contributed by atoms with van der Waals surface area (Å²) in [6, 6.07) is 8.04. The van der Waals surface area contributed by atoms with Gasteiger partial charge in [0.15, 0.2) is 0 Å². The zero-order valence-electron chi connectivity index (χ0n) is 17.3. The van der Waals surface area contributed by atoms with Gasteiger partial charge in [-0.25, -0.2) is 4.79 Å². The van der Waals surface area contributed by atoms with Gasteiger partial charge in [-0.05, 0) is 36.1 Å². The number of aliphatic hydroxyl groups is 1. The van der Waals surface area contributed by atoms with Crippen molar-refractivity contribution in [2.24, 2.45) is 5.92 Å². The fraction of sp³-hybridized carbons (Fsp3) is 0.545. The Morgan fingerprint density at radius 3 is 2.45 bits per heavy atom. The topological polar surface area (TPSA) is 96.3 Å². The number of amides is 1. The number of carbonyl (C=O) groups excluding carboxylic acids is 1. The van der Waals surface area contributed by atoms with Crippen molar-refractivity contribution in [3.8, 4) is 0 Å². The van der Waals surface area contributed by atoms with Crippen LogP contribution >= 0.6 is 0 Å². The zero-order chi connectivity index (χ0) is 21.4. The van der Waals surface area contributed by atoms with E-state index in [4.69, 9.17) is 14.6 Å². The summed E-state index contributed by atoms with van der Waals surface area (Å²) in [6.07, 6.45) is 3.67. The number of aliphatic hydroxyl groups excluding tert-OH is 1. The number of carbonyl (C=O) groups is 2. The molecule has 7 heteroatoms. The molecular formula is C22H31NO6. The average molecular weight is 405 g/mol. The van der Waals surface area contributed by atoms with Crippen LogP contribution in [-0.4, -0.2) is 55.1 Å². The Morgan fingerprint density at radius 1 is 1.31 bits per heavy atom. The van der Waals surface area contributed by atoms with E-state index in [0.717, 1.165) is 24.2 Å². The number of aliphatic carboxylic acids is 1. The first kappa shape index (κ1) is 22.9. The first-order valence-corrected chi connectivity index (χ1v) is 9.97. The Labute approximate surface area is 171 Å². The normalized spacial score (nSPS) is 19.5. The average Bonchev–Trinajstić information content (AvgIpc) is 3.33. The van der Waals surface area contributed by atoms with Crippen LogP contribution in [-0.2, 0) is 19.1 Å². The fourth-order valence-corrected chi connectivity index (χ4v) is 3.46. The van der Waals surface area contributed by atoms with Gasteiger partial charge < -0.3 is 24.6 Å². The molecule has 7 nitrogen and oxygen atoms in total. The van der Waals surface area contributed by atoms with Crippen molar-refractivity contribution in [1.82, 2.24) is 0 Å². The molecule has 1 amide bonds. The van der Waals surface area contributed by atoms with Crippen molar-refractivity contribution in [1.29, 1.82) is 0 Å². The van der Waals surface area contributed by atoms with E-state index in [1.54, 1.807) is 13.2 Å². The van der Waals surface area contributed by atoms with Gasteiger partial charge in [0.25, 0.3) is 0 Å². The van der Waals surface area contributed by atoms with Gasteiger partial charge in [-0.2, -0.15) is 0 Å². The number of methoxy groups -OCH3 is 1. The molecule has 0 bridgehead atoms. The third-order valence-corrected chi connectivity index (χ3v) is 5.13. The Balaban J connectivity index is 0.000000234. The highest BCUT2D eigenvalue weighted by atomic mass is 16.5. The fourth-order valence-electron chi connectivity index (χ4n) is 3.46. The van der Waals surface area contributed by atoms with Crippen molar-refractivity contribution in [3.63, 3.8) is 0 Å². The van der Waals surface area contributed by atoms with Crippen molar-refractivity contribution in [2.75, 3.05) is 31.8 Å². The second-order valence-electron chi connectivity index (χ2n) is 7.58. The molecule has 1 aromatic rings. The molecule has 1 fully saturated rings. The lowest BCUT2D eigenvalue weighted by atomic mass is 9.89. The predicted molar refractivity (Wildman–Crippen MR) is 110 cm³/mol. The first-order valence-electron chi connectivity index (χ1n) is 9.97. The highest BCUT2D eigenvalue weighted by Crippen LogP contribution is 2.27. The number of anilines is 1. The molecule has 0 radical (unpaired) electrons. The van der Waals surface area contributed by atoms with Crippen molar-refractivity contribution in [3.05, 3.63) is 41.7 Å². The second-order valence-corrected chi connectivity index (χ2v) is 7.58. The summed E-state index contributed by atoms with van der Waals surface area (Å²) < 4.78 is 9.80. The van der Waals surface area contributed by atoms with Crippen LogP contribution in [0.5, 0.6) is 0 Å². The van der Waals surface area contributed by atoms with E-state index >= 15 is 0 Å². The third-order valence-electron chi connectivity index (χ3n) is 5.13. The summed E-state index contributed by atoms with van der Waals surface area (Å²) >= 11 is 0. The Hall–Kier alpha value is -2.38. The number of benzene rings is 1. The van der Waals surface area contributed by atoms with Crippen molar-refractivity contribution < 1.29 is 29.3 Å². The minimum Gasteiger partial charge on any atom is -0.481 e. The predicted octanol–water partition coefficient (Wildman–Crippen LogP) is 2.94. The van der Waals surface area contributed by atoms with Crippen LogP contribution in [0.4, 0.5) is 5.69 Å². The van der Waals surface area contributed by atoms with E-state index in [0.29, 0.717) is 25.4 Å². The highest BCUT2D eigenvalue weighted by molar-refractivity contribution is 5.95. The Kier molecular flexibility index (Phi) is 8.67. The molecule has 3 rings (SSSR count). The number of carboxylic acid groups (broad SMARTS) is 1. The number of nitrogens with zero attached hydrogens (tertiary/aromatic N) is 1. The van der Waals surface area contributed by atoms with Gasteiger partial charge in [-0.15, -0.1) is 0 Å². The Bertz CT molecular complexity index is 713. The molecule has 0 aliphatic carbocycles. The Morgan fingerprint density at radius 2 is 2.00 bits per heavy atom. The minimum atomic E-state index is -1.01. The molecule has 1 aromatic carbocycles. The molecule has 0 spiro atoms. The van der Waals surface area contributed by atoms with Crippen molar-refractivity contribution >= 4 is 17.6 Å². The maximum atomic E-state index is 11.6. The summed E-state index contributed by atoms with van der Waals surface area (Å²) in [5.41, 5.74) is 2.12. The van der Waals surface area contributed by atoms with Gasteiger partial charge in [0.2, 0.25) is 11.7 Å². The number of rotatable bonds is 7. The van der Waals surface area contributed by atoms with Gasteiger partial charge >= 0.3 is 5.97 Å². The minimum absolute atomic E-state index is 0.0343. The highest BCUT2D eigenvalue weighted by Gasteiger charge is 2.23. The largest absolute Gasteiger partial charge is 0.481 e. The number of hydrogen-bond acceptors (Lipinski definition) is 5. The van der Waals surface area contributed by atoms with Crippen LogP contribution in [0.1, 0.15) is 44.6 Å². The van der Waals surface area contributed by atoms with E-state index in [1.807, 2.05) is 29.2 Å². The molecule has 1 saturated heterocycles. The van der Waals surface area contributed by atoms with E-state index in [2.05, 4.69) is 13.8 Å². The molecule has 2 unspecified atom stereocenters. The van der Waals surface area contributed by atoms with E-state index in [1.165, 1.54) is 0 Å². The molecule has 29 heavy (non-hydrogen) atoms. The molecule has 2 N–H and O–H groups in total. The first-order chi connectivity index (χ1) is 13.9. The van der Waals surface area contributed by atoms with Crippen LogP contribution < -0.4 is 4.90 Å². The standard InChI is InChI=1S/C15H21NO2.C7H10O4/c1-11(2)14(10-17)12-5-7-13(8-6-12)16-9-3-4-15(16)18;1-10-4-5-2-3-6(11-5)7(8)9/h5-8,11,14,17H,3-4,9-10H2,1-2H3;3,5H,2,4H2,1H3,(H,8,9). The van der Waals surface area contributed by atoms with E-state index < -0.39 is 5.97 Å². The maximum absolute atomic E-state index is 11.6. The van der Waals surface area contributed by atoms with Crippen LogP contribution in [0.2, 0.25) is 0 Å². The summed E-state index contributed by atoms with van der Waals surface area (Å²) in [5, 5.41) is 17.9. The van der Waals surface area contributed by atoms with Gasteiger partial charge in [0.05, 0.1) is 13.2 Å². The second kappa shape index (κ2) is 11.0. The van der Waals surface area contributed by atoms with E-state index in [-0.39, 0.29) is 30.3 Å². The molecule has 0 saturated carbocycles. The lowest BCUT2D eigenvalue weighted by Crippen LogP contribution is -2.23. The SMILES string of the molecule is CC(C)C(CO)c1ccc(N2CCCC2=O)cc1.COCC1CC=C(C(=O)O)O1. The molecule has 0 aromatic heterocycles. The molecule has 2 heterocycles. The summed E-state index contributed by atoms with van der Waals surface area (Å²) in [4.78, 5) is 23.8. The quantitative estimate of drug-likeness (QED) is 0.724. The molecular weight excluding hydrogens is 374 g/mol. The summed E-state index contributed by atoms with van der Waals surface area (Å²) in [5.74, 6) is -0.177. The number of carboxylic acids is 1. The van der Waals surface area contributed by atoms with E-state index in [9.17, 15) is 14.7 Å². The van der Waals surface area contributed by atoms with Gasteiger partial charge in [-0.1, -0.05) is 26.0 Å². The zero-order valence-corrected chi connectivity index (χ0v) is 17.3. The number of ether oxygens (including phenoxy) is 2. The lowest BCUT2D eigenvalue weighted by molar-refractivity contribution is -0.137. The van der Waals surface area contributed by atoms with Crippen LogP contribution in [0.15, 0.2) is 36.1 Å². The number of hydrogen-bond donors (Lipinski definition) is 2. The van der Waals surface area contributed by atoms with Crippen molar-refractivity contribution in [2.45, 2.75) is 45.1 Å². The van der Waals surface area contributed by atoms with Gasteiger partial charge in [0, 0.05) is 38.1 Å².